The lowest BCUT2D eigenvalue weighted by molar-refractivity contribution is -0.122. The Morgan fingerprint density at radius 3 is 2.75 bits per heavy atom. The molecule has 3 heteroatoms. The summed E-state index contributed by atoms with van der Waals surface area (Å²) in [5, 5.41) is 0. The van der Waals surface area contributed by atoms with Crippen LogP contribution in [-0.2, 0) is 9.47 Å². The SMILES string of the molecule is CC(C)(C)OCCCN1CCO[C@@H]2CC[C@@H]21. The molecule has 2 atom stereocenters. The number of ether oxygens (including phenoxy) is 2. The van der Waals surface area contributed by atoms with Crippen LogP contribution in [0.4, 0.5) is 0 Å². The molecule has 3 nitrogen and oxygen atoms in total. The van der Waals surface area contributed by atoms with Gasteiger partial charge in [0, 0.05) is 25.7 Å². The molecule has 0 aromatic rings. The molecule has 0 radical (unpaired) electrons. The summed E-state index contributed by atoms with van der Waals surface area (Å²) in [6, 6.07) is 0.711. The lowest BCUT2D eigenvalue weighted by atomic mass is 9.86. The van der Waals surface area contributed by atoms with Crippen LogP contribution in [0.2, 0.25) is 0 Å². The molecule has 0 amide bonds. The third kappa shape index (κ3) is 3.19. The number of nitrogens with zero attached hydrogens (tertiary/aromatic N) is 1. The molecule has 0 bridgehead atoms. The number of fused-ring (bicyclic) bond motifs is 1. The average Bonchev–Trinajstić information content (AvgIpc) is 2.13. The van der Waals surface area contributed by atoms with Crippen molar-refractivity contribution in [2.75, 3.05) is 26.3 Å². The smallest absolute Gasteiger partial charge is 0.0731 e. The molecule has 1 aliphatic heterocycles. The van der Waals surface area contributed by atoms with Gasteiger partial charge < -0.3 is 9.47 Å². The van der Waals surface area contributed by atoms with E-state index in [0.29, 0.717) is 12.1 Å². The minimum Gasteiger partial charge on any atom is -0.376 e. The van der Waals surface area contributed by atoms with Crippen LogP contribution in [0.5, 0.6) is 0 Å². The first-order chi connectivity index (χ1) is 7.56. The highest BCUT2D eigenvalue weighted by Gasteiger charge is 2.38. The molecule has 16 heavy (non-hydrogen) atoms. The zero-order chi connectivity index (χ0) is 11.6. The lowest BCUT2D eigenvalue weighted by Gasteiger charge is -2.48. The van der Waals surface area contributed by atoms with Gasteiger partial charge in [-0.05, 0) is 40.0 Å². The predicted octanol–water partition coefficient (Wildman–Crippen LogP) is 2.05. The highest BCUT2D eigenvalue weighted by Crippen LogP contribution is 2.31. The summed E-state index contributed by atoms with van der Waals surface area (Å²) < 4.78 is 11.4. The number of morpholine rings is 1. The maximum Gasteiger partial charge on any atom is 0.0731 e. The summed E-state index contributed by atoms with van der Waals surface area (Å²) in [5.74, 6) is 0. The van der Waals surface area contributed by atoms with Crippen LogP contribution in [0.15, 0.2) is 0 Å². The molecule has 0 aromatic carbocycles. The highest BCUT2D eigenvalue weighted by atomic mass is 16.5. The van der Waals surface area contributed by atoms with Crippen molar-refractivity contribution in [1.29, 1.82) is 0 Å². The zero-order valence-corrected chi connectivity index (χ0v) is 10.9. The fourth-order valence-electron chi connectivity index (χ4n) is 2.47. The minimum atomic E-state index is 0.00398. The van der Waals surface area contributed by atoms with E-state index in [-0.39, 0.29) is 5.60 Å². The van der Waals surface area contributed by atoms with E-state index in [2.05, 4.69) is 25.7 Å². The molecule has 1 heterocycles. The van der Waals surface area contributed by atoms with Crippen molar-refractivity contribution in [3.8, 4) is 0 Å². The van der Waals surface area contributed by atoms with Gasteiger partial charge in [-0.1, -0.05) is 0 Å². The maximum absolute atomic E-state index is 5.74. The Morgan fingerprint density at radius 1 is 1.31 bits per heavy atom. The van der Waals surface area contributed by atoms with E-state index in [1.165, 1.54) is 19.4 Å². The molecule has 1 aliphatic carbocycles. The molecule has 0 N–H and O–H groups in total. The number of rotatable bonds is 4. The van der Waals surface area contributed by atoms with Crippen LogP contribution in [0.25, 0.3) is 0 Å². The first kappa shape index (κ1) is 12.3. The van der Waals surface area contributed by atoms with Crippen LogP contribution in [-0.4, -0.2) is 49.0 Å². The summed E-state index contributed by atoms with van der Waals surface area (Å²) in [4.78, 5) is 2.59. The van der Waals surface area contributed by atoms with Gasteiger partial charge >= 0.3 is 0 Å². The Kier molecular flexibility index (Phi) is 3.88. The molecular weight excluding hydrogens is 202 g/mol. The summed E-state index contributed by atoms with van der Waals surface area (Å²) in [7, 11) is 0. The Hall–Kier alpha value is -0.120. The van der Waals surface area contributed by atoms with Crippen molar-refractivity contribution >= 4 is 0 Å². The summed E-state index contributed by atoms with van der Waals surface area (Å²) in [6.45, 7) is 10.4. The number of hydrogen-bond donors (Lipinski definition) is 0. The zero-order valence-electron chi connectivity index (χ0n) is 10.9. The average molecular weight is 227 g/mol. The largest absolute Gasteiger partial charge is 0.376 e. The Morgan fingerprint density at radius 2 is 2.12 bits per heavy atom. The van der Waals surface area contributed by atoms with Crippen molar-refractivity contribution in [3.05, 3.63) is 0 Å². The van der Waals surface area contributed by atoms with Crippen LogP contribution in [0.3, 0.4) is 0 Å². The van der Waals surface area contributed by atoms with E-state index in [1.807, 2.05) is 0 Å². The first-order valence-corrected chi connectivity index (χ1v) is 6.56. The molecule has 0 unspecified atom stereocenters. The molecule has 0 aromatic heterocycles. The van der Waals surface area contributed by atoms with Gasteiger partial charge in [-0.25, -0.2) is 0 Å². The first-order valence-electron chi connectivity index (χ1n) is 6.56. The van der Waals surface area contributed by atoms with Gasteiger partial charge in [-0.2, -0.15) is 0 Å². The predicted molar refractivity (Wildman–Crippen MR) is 64.7 cm³/mol. The molecule has 2 aliphatic rings. The third-order valence-corrected chi connectivity index (χ3v) is 3.48. The molecule has 2 fully saturated rings. The second kappa shape index (κ2) is 5.03. The van der Waals surface area contributed by atoms with Gasteiger partial charge in [0.1, 0.15) is 0 Å². The molecule has 0 spiro atoms. The Bertz CT molecular complexity index is 224. The number of hydrogen-bond acceptors (Lipinski definition) is 3. The normalized spacial score (nSPS) is 30.9. The van der Waals surface area contributed by atoms with E-state index < -0.39 is 0 Å². The molecule has 1 saturated carbocycles. The monoisotopic (exact) mass is 227 g/mol. The van der Waals surface area contributed by atoms with Crippen molar-refractivity contribution < 1.29 is 9.47 Å². The Labute approximate surface area is 99.1 Å². The van der Waals surface area contributed by atoms with E-state index in [1.54, 1.807) is 0 Å². The molecule has 1 saturated heterocycles. The van der Waals surface area contributed by atoms with E-state index in [0.717, 1.165) is 26.2 Å². The Balaban J connectivity index is 1.62. The standard InChI is InChI=1S/C13H25NO2/c1-13(2,3)16-9-4-7-14-8-10-15-12-6-5-11(12)14/h11-12H,4-10H2,1-3H3/t11-,12+/m0/s1. The minimum absolute atomic E-state index is 0.00398. The fourth-order valence-corrected chi connectivity index (χ4v) is 2.47. The quantitative estimate of drug-likeness (QED) is 0.686. The summed E-state index contributed by atoms with van der Waals surface area (Å²) in [5.41, 5.74) is 0.00398. The lowest BCUT2D eigenvalue weighted by Crippen LogP contribution is -2.57. The fraction of sp³-hybridized carbons (Fsp3) is 1.00. The molecular formula is C13H25NO2. The second-order valence-corrected chi connectivity index (χ2v) is 5.90. The van der Waals surface area contributed by atoms with Gasteiger partial charge in [-0.15, -0.1) is 0 Å². The van der Waals surface area contributed by atoms with Crippen molar-refractivity contribution in [1.82, 2.24) is 4.90 Å². The summed E-state index contributed by atoms with van der Waals surface area (Å²) in [6.07, 6.45) is 4.27. The van der Waals surface area contributed by atoms with Crippen molar-refractivity contribution in [2.45, 2.75) is 57.8 Å². The van der Waals surface area contributed by atoms with E-state index in [9.17, 15) is 0 Å². The molecule has 2 rings (SSSR count). The highest BCUT2D eigenvalue weighted by molar-refractivity contribution is 4.92. The van der Waals surface area contributed by atoms with Crippen LogP contribution in [0, 0.1) is 0 Å². The van der Waals surface area contributed by atoms with Gasteiger partial charge in [0.05, 0.1) is 18.3 Å². The second-order valence-electron chi connectivity index (χ2n) is 5.90. The van der Waals surface area contributed by atoms with E-state index >= 15 is 0 Å². The summed E-state index contributed by atoms with van der Waals surface area (Å²) >= 11 is 0. The maximum atomic E-state index is 5.74. The van der Waals surface area contributed by atoms with Crippen LogP contribution < -0.4 is 0 Å². The van der Waals surface area contributed by atoms with Crippen molar-refractivity contribution in [2.24, 2.45) is 0 Å². The van der Waals surface area contributed by atoms with Gasteiger partial charge in [0.15, 0.2) is 0 Å². The van der Waals surface area contributed by atoms with Gasteiger partial charge in [0.2, 0.25) is 0 Å². The topological polar surface area (TPSA) is 21.7 Å². The van der Waals surface area contributed by atoms with Gasteiger partial charge in [0.25, 0.3) is 0 Å². The van der Waals surface area contributed by atoms with Crippen LogP contribution in [0.1, 0.15) is 40.0 Å². The van der Waals surface area contributed by atoms with Gasteiger partial charge in [-0.3, -0.25) is 4.90 Å². The third-order valence-electron chi connectivity index (χ3n) is 3.48. The van der Waals surface area contributed by atoms with Crippen molar-refractivity contribution in [3.63, 3.8) is 0 Å². The van der Waals surface area contributed by atoms with Crippen LogP contribution >= 0.6 is 0 Å². The molecule has 94 valence electrons. The van der Waals surface area contributed by atoms with E-state index in [4.69, 9.17) is 9.47 Å².